The van der Waals surface area contributed by atoms with Gasteiger partial charge in [0.25, 0.3) is 0 Å². The Morgan fingerprint density at radius 1 is 1.40 bits per heavy atom. The lowest BCUT2D eigenvalue weighted by atomic mass is 10.1. The number of pyridine rings is 1. The number of hydrogen-bond donors (Lipinski definition) is 2. The Bertz CT molecular complexity index is 536. The van der Waals surface area contributed by atoms with E-state index in [-0.39, 0.29) is 24.0 Å². The van der Waals surface area contributed by atoms with E-state index < -0.39 is 0 Å². The molecule has 1 saturated heterocycles. The molecule has 1 aromatic rings. The first-order valence-corrected chi connectivity index (χ1v) is 9.88. The van der Waals surface area contributed by atoms with Gasteiger partial charge in [-0.15, -0.1) is 24.0 Å². The highest BCUT2D eigenvalue weighted by molar-refractivity contribution is 14.0. The number of ether oxygens (including phenoxy) is 1. The van der Waals surface area contributed by atoms with Crippen LogP contribution in [0, 0.1) is 0 Å². The van der Waals surface area contributed by atoms with Gasteiger partial charge < -0.3 is 15.4 Å². The zero-order valence-corrected chi connectivity index (χ0v) is 18.7. The lowest BCUT2D eigenvalue weighted by molar-refractivity contribution is 0.302. The largest absolute Gasteiger partial charge is 0.477 e. The Hall–Kier alpha value is -0.700. The van der Waals surface area contributed by atoms with Gasteiger partial charge in [0, 0.05) is 29.6 Å². The second-order valence-corrected chi connectivity index (χ2v) is 7.95. The van der Waals surface area contributed by atoms with Crippen molar-refractivity contribution in [1.29, 1.82) is 0 Å². The number of nitrogens with zero attached hydrogens (tertiary/aromatic N) is 2. The first-order valence-electron chi connectivity index (χ1n) is 8.89. The first-order chi connectivity index (χ1) is 11.7. The van der Waals surface area contributed by atoms with Crippen LogP contribution in [0.25, 0.3) is 0 Å². The van der Waals surface area contributed by atoms with Crippen molar-refractivity contribution in [2.24, 2.45) is 4.99 Å². The SMILES string of the molecule is CCCOc1ncccc1CN=C(NCC)NCC1(C)CCCS1.I. The molecule has 7 heteroatoms. The van der Waals surface area contributed by atoms with Crippen LogP contribution >= 0.6 is 35.7 Å². The fourth-order valence-corrected chi connectivity index (χ4v) is 3.87. The number of aliphatic imine (C=N–C) groups is 1. The molecule has 5 nitrogen and oxygen atoms in total. The van der Waals surface area contributed by atoms with Gasteiger partial charge in [-0.1, -0.05) is 13.0 Å². The maximum absolute atomic E-state index is 5.71. The van der Waals surface area contributed by atoms with Crippen LogP contribution in [0.4, 0.5) is 0 Å². The monoisotopic (exact) mass is 478 g/mol. The van der Waals surface area contributed by atoms with E-state index >= 15 is 0 Å². The molecule has 1 atom stereocenters. The molecule has 2 heterocycles. The number of aromatic nitrogens is 1. The summed E-state index contributed by atoms with van der Waals surface area (Å²) in [5.74, 6) is 2.81. The molecule has 1 fully saturated rings. The van der Waals surface area contributed by atoms with Crippen LogP contribution in [-0.4, -0.2) is 41.1 Å². The molecule has 0 radical (unpaired) electrons. The molecular formula is C18H31IN4OS. The molecule has 1 aromatic heterocycles. The molecule has 1 aliphatic heterocycles. The maximum Gasteiger partial charge on any atom is 0.218 e. The van der Waals surface area contributed by atoms with Crippen molar-refractivity contribution in [3.8, 4) is 5.88 Å². The van der Waals surface area contributed by atoms with Crippen molar-refractivity contribution in [1.82, 2.24) is 15.6 Å². The summed E-state index contributed by atoms with van der Waals surface area (Å²) in [6.45, 7) is 9.54. The number of rotatable bonds is 8. The molecular weight excluding hydrogens is 447 g/mol. The molecule has 0 bridgehead atoms. The van der Waals surface area contributed by atoms with Crippen LogP contribution in [-0.2, 0) is 6.54 Å². The quantitative estimate of drug-likeness (QED) is 0.338. The van der Waals surface area contributed by atoms with Crippen LogP contribution in [0.3, 0.4) is 0 Å². The fourth-order valence-electron chi connectivity index (χ4n) is 2.63. The van der Waals surface area contributed by atoms with E-state index in [0.29, 0.717) is 23.8 Å². The van der Waals surface area contributed by atoms with Crippen LogP contribution in [0.5, 0.6) is 5.88 Å². The Balaban J connectivity index is 0.00000312. The minimum absolute atomic E-state index is 0. The summed E-state index contributed by atoms with van der Waals surface area (Å²) in [5.41, 5.74) is 1.02. The van der Waals surface area contributed by atoms with Crippen molar-refractivity contribution in [3.63, 3.8) is 0 Å². The molecule has 0 spiro atoms. The molecule has 2 N–H and O–H groups in total. The summed E-state index contributed by atoms with van der Waals surface area (Å²) in [6.07, 6.45) is 5.31. The zero-order chi connectivity index (χ0) is 17.3. The molecule has 0 saturated carbocycles. The minimum atomic E-state index is 0. The van der Waals surface area contributed by atoms with Crippen molar-refractivity contribution >= 4 is 41.7 Å². The molecule has 25 heavy (non-hydrogen) atoms. The Morgan fingerprint density at radius 3 is 2.92 bits per heavy atom. The third-order valence-electron chi connectivity index (χ3n) is 3.97. The average Bonchev–Trinajstić information content (AvgIpc) is 3.03. The highest BCUT2D eigenvalue weighted by Crippen LogP contribution is 2.36. The second-order valence-electron chi connectivity index (χ2n) is 6.27. The van der Waals surface area contributed by atoms with E-state index in [2.05, 4.69) is 48.2 Å². The third kappa shape index (κ3) is 7.60. The van der Waals surface area contributed by atoms with Crippen LogP contribution in [0.1, 0.15) is 45.6 Å². The molecule has 0 amide bonds. The minimum Gasteiger partial charge on any atom is -0.477 e. The first kappa shape index (κ1) is 22.3. The molecule has 142 valence electrons. The number of halogens is 1. The summed E-state index contributed by atoms with van der Waals surface area (Å²) in [5, 5.41) is 6.82. The standard InChI is InChI=1S/C18H30N4OS.HI/c1-4-11-23-16-15(8-6-10-20-16)13-21-17(19-5-2)22-14-18(3)9-7-12-24-18;/h6,8,10H,4-5,7,9,11-14H2,1-3H3,(H2,19,21,22);1H. The van der Waals surface area contributed by atoms with Crippen molar-refractivity contribution in [2.75, 3.05) is 25.4 Å². The van der Waals surface area contributed by atoms with Crippen molar-refractivity contribution in [2.45, 2.75) is 51.3 Å². The highest BCUT2D eigenvalue weighted by Gasteiger charge is 2.29. The predicted octanol–water partition coefficient (Wildman–Crippen LogP) is 3.83. The summed E-state index contributed by atoms with van der Waals surface area (Å²) in [6, 6.07) is 3.96. The summed E-state index contributed by atoms with van der Waals surface area (Å²) in [4.78, 5) is 9.03. The average molecular weight is 478 g/mol. The van der Waals surface area contributed by atoms with Gasteiger partial charge in [0.15, 0.2) is 5.96 Å². The number of guanidine groups is 1. The summed E-state index contributed by atoms with van der Waals surface area (Å²) < 4.78 is 6.03. The van der Waals surface area contributed by atoms with Gasteiger partial charge in [-0.05, 0) is 44.9 Å². The molecule has 0 aliphatic carbocycles. The van der Waals surface area contributed by atoms with Crippen molar-refractivity contribution < 1.29 is 4.74 Å². The van der Waals surface area contributed by atoms with Crippen LogP contribution in [0.15, 0.2) is 23.3 Å². The van der Waals surface area contributed by atoms with Gasteiger partial charge in [-0.25, -0.2) is 9.98 Å². The van der Waals surface area contributed by atoms with Gasteiger partial charge in [0.2, 0.25) is 5.88 Å². The van der Waals surface area contributed by atoms with Crippen LogP contribution < -0.4 is 15.4 Å². The lowest BCUT2D eigenvalue weighted by Gasteiger charge is -2.24. The summed E-state index contributed by atoms with van der Waals surface area (Å²) >= 11 is 2.06. The Kier molecular flexibility index (Phi) is 10.6. The highest BCUT2D eigenvalue weighted by atomic mass is 127. The number of hydrogen-bond acceptors (Lipinski definition) is 4. The van der Waals surface area contributed by atoms with E-state index in [1.54, 1.807) is 6.20 Å². The maximum atomic E-state index is 5.71. The molecule has 1 unspecified atom stereocenters. The van der Waals surface area contributed by atoms with E-state index in [1.165, 1.54) is 18.6 Å². The number of nitrogens with one attached hydrogen (secondary N) is 2. The molecule has 2 rings (SSSR count). The van der Waals surface area contributed by atoms with Gasteiger partial charge in [-0.2, -0.15) is 11.8 Å². The fraction of sp³-hybridized carbons (Fsp3) is 0.667. The smallest absolute Gasteiger partial charge is 0.218 e. The lowest BCUT2D eigenvalue weighted by Crippen LogP contribution is -2.43. The van der Waals surface area contributed by atoms with Crippen molar-refractivity contribution in [3.05, 3.63) is 23.9 Å². The summed E-state index contributed by atoms with van der Waals surface area (Å²) in [7, 11) is 0. The predicted molar refractivity (Wildman–Crippen MR) is 118 cm³/mol. The van der Waals surface area contributed by atoms with E-state index in [1.807, 2.05) is 12.1 Å². The van der Waals surface area contributed by atoms with E-state index in [0.717, 1.165) is 31.0 Å². The zero-order valence-electron chi connectivity index (χ0n) is 15.5. The third-order valence-corrected chi connectivity index (χ3v) is 5.51. The van der Waals surface area contributed by atoms with Gasteiger partial charge in [0.1, 0.15) is 0 Å². The van der Waals surface area contributed by atoms with E-state index in [9.17, 15) is 0 Å². The van der Waals surface area contributed by atoms with Crippen LogP contribution in [0.2, 0.25) is 0 Å². The Morgan fingerprint density at radius 2 is 2.24 bits per heavy atom. The van der Waals surface area contributed by atoms with Gasteiger partial charge in [0.05, 0.1) is 13.2 Å². The molecule has 1 aliphatic rings. The Labute approximate surface area is 173 Å². The second kappa shape index (κ2) is 11.8. The van der Waals surface area contributed by atoms with Gasteiger partial charge in [-0.3, -0.25) is 0 Å². The molecule has 0 aromatic carbocycles. The topological polar surface area (TPSA) is 58.5 Å². The normalized spacial score (nSPS) is 20.0. The number of thioether (sulfide) groups is 1. The van der Waals surface area contributed by atoms with Gasteiger partial charge >= 0.3 is 0 Å². The van der Waals surface area contributed by atoms with E-state index in [4.69, 9.17) is 9.73 Å².